The predicted octanol–water partition coefficient (Wildman–Crippen LogP) is -0.338. The third kappa shape index (κ3) is 10.4. The van der Waals surface area contributed by atoms with E-state index >= 15 is 0 Å². The average Bonchev–Trinajstić information content (AvgIpc) is 2.78. The second kappa shape index (κ2) is 13.0. The molecule has 172 valence electrons. The van der Waals surface area contributed by atoms with Gasteiger partial charge in [0.2, 0.25) is 0 Å². The molecule has 0 saturated carbocycles. The number of carboxylic acids is 3. The van der Waals surface area contributed by atoms with Crippen LogP contribution in [0.3, 0.4) is 0 Å². The highest BCUT2D eigenvalue weighted by Crippen LogP contribution is 2.06. The smallest absolute Gasteiger partial charge is 0.317 e. The lowest BCUT2D eigenvalue weighted by atomic mass is 10.2. The van der Waals surface area contributed by atoms with Crippen LogP contribution in [0.5, 0.6) is 0 Å². The first-order valence-corrected chi connectivity index (χ1v) is 10.4. The summed E-state index contributed by atoms with van der Waals surface area (Å²) in [6.45, 7) is 4.81. The van der Waals surface area contributed by atoms with Gasteiger partial charge in [-0.05, 0) is 5.56 Å². The standard InChI is InChI=1S/C21H32N4O6/c26-19(27)15-23-9-6-22(7-10-24(12-11-23)16-20(28)29)8-13-25(17-21(30)31)14-18-4-2-1-3-5-18/h1-5H,6-17H2,(H,26,27)(H,28,29)(H,30,31). The van der Waals surface area contributed by atoms with Crippen molar-refractivity contribution in [3.63, 3.8) is 0 Å². The number of carbonyl (C=O) groups is 3. The number of nitrogens with zero attached hydrogens (tertiary/aromatic N) is 4. The normalized spacial score (nSPS) is 17.1. The first-order valence-electron chi connectivity index (χ1n) is 10.4. The fourth-order valence-electron chi connectivity index (χ4n) is 3.64. The van der Waals surface area contributed by atoms with Crippen LogP contribution in [0.4, 0.5) is 0 Å². The maximum absolute atomic E-state index is 11.3. The maximum atomic E-state index is 11.3. The zero-order chi connectivity index (χ0) is 22.6. The topological polar surface area (TPSA) is 125 Å². The summed E-state index contributed by atoms with van der Waals surface area (Å²) in [4.78, 5) is 41.3. The van der Waals surface area contributed by atoms with Gasteiger partial charge in [0.15, 0.2) is 0 Å². The van der Waals surface area contributed by atoms with Gasteiger partial charge in [0.1, 0.15) is 0 Å². The Morgan fingerprint density at radius 1 is 0.742 bits per heavy atom. The van der Waals surface area contributed by atoms with E-state index < -0.39 is 17.9 Å². The molecule has 1 aromatic carbocycles. The summed E-state index contributed by atoms with van der Waals surface area (Å²) < 4.78 is 0. The van der Waals surface area contributed by atoms with E-state index in [1.165, 1.54) is 0 Å². The first-order chi connectivity index (χ1) is 14.8. The molecule has 0 bridgehead atoms. The molecule has 1 aromatic rings. The number of aliphatic carboxylic acids is 3. The molecule has 1 aliphatic heterocycles. The van der Waals surface area contributed by atoms with Crippen molar-refractivity contribution in [2.24, 2.45) is 0 Å². The molecular weight excluding hydrogens is 404 g/mol. The minimum absolute atomic E-state index is 0.0704. The van der Waals surface area contributed by atoms with Gasteiger partial charge in [-0.25, -0.2) is 0 Å². The fraction of sp³-hybridized carbons (Fsp3) is 0.571. The minimum Gasteiger partial charge on any atom is -0.480 e. The van der Waals surface area contributed by atoms with Crippen LogP contribution < -0.4 is 0 Å². The summed E-state index contributed by atoms with van der Waals surface area (Å²) in [6.07, 6.45) is 0. The quantitative estimate of drug-likeness (QED) is 0.424. The lowest BCUT2D eigenvalue weighted by molar-refractivity contribution is -0.140. The molecule has 1 fully saturated rings. The van der Waals surface area contributed by atoms with E-state index in [9.17, 15) is 19.5 Å². The molecule has 0 unspecified atom stereocenters. The van der Waals surface area contributed by atoms with E-state index in [0.717, 1.165) is 5.56 Å². The highest BCUT2D eigenvalue weighted by molar-refractivity contribution is 5.69. The molecule has 1 saturated heterocycles. The molecule has 3 N–H and O–H groups in total. The van der Waals surface area contributed by atoms with Gasteiger partial charge in [-0.2, -0.15) is 0 Å². The first kappa shape index (κ1) is 24.7. The van der Waals surface area contributed by atoms with E-state index in [2.05, 4.69) is 4.90 Å². The Balaban J connectivity index is 1.99. The van der Waals surface area contributed by atoms with E-state index in [4.69, 9.17) is 10.2 Å². The van der Waals surface area contributed by atoms with Crippen molar-refractivity contribution in [2.45, 2.75) is 6.54 Å². The van der Waals surface area contributed by atoms with Gasteiger partial charge in [0.25, 0.3) is 0 Å². The van der Waals surface area contributed by atoms with Gasteiger partial charge in [0, 0.05) is 58.9 Å². The molecule has 0 aromatic heterocycles. The number of benzene rings is 1. The molecule has 0 atom stereocenters. The molecular formula is C21H32N4O6. The molecule has 31 heavy (non-hydrogen) atoms. The number of hydrogen-bond acceptors (Lipinski definition) is 7. The molecule has 10 nitrogen and oxygen atoms in total. The SMILES string of the molecule is O=C(O)CN1CCN(CCN(CC(=O)O)Cc2ccccc2)CCN(CC(=O)O)CC1. The van der Waals surface area contributed by atoms with Crippen LogP contribution in [0.2, 0.25) is 0 Å². The van der Waals surface area contributed by atoms with Crippen LogP contribution in [0.1, 0.15) is 5.56 Å². The minimum atomic E-state index is -0.911. The van der Waals surface area contributed by atoms with Crippen molar-refractivity contribution in [3.05, 3.63) is 35.9 Å². The third-order valence-corrected chi connectivity index (χ3v) is 5.26. The molecule has 0 spiro atoms. The van der Waals surface area contributed by atoms with E-state index in [0.29, 0.717) is 58.9 Å². The second-order valence-corrected chi connectivity index (χ2v) is 7.77. The Morgan fingerprint density at radius 2 is 1.23 bits per heavy atom. The Bertz CT molecular complexity index is 689. The Morgan fingerprint density at radius 3 is 1.68 bits per heavy atom. The van der Waals surface area contributed by atoms with Crippen LogP contribution in [0.25, 0.3) is 0 Å². The Labute approximate surface area is 182 Å². The van der Waals surface area contributed by atoms with Crippen molar-refractivity contribution >= 4 is 17.9 Å². The van der Waals surface area contributed by atoms with Crippen LogP contribution in [0, 0.1) is 0 Å². The van der Waals surface area contributed by atoms with Gasteiger partial charge in [-0.3, -0.25) is 34.0 Å². The van der Waals surface area contributed by atoms with Crippen molar-refractivity contribution < 1.29 is 29.7 Å². The molecule has 2 rings (SSSR count). The average molecular weight is 437 g/mol. The summed E-state index contributed by atoms with van der Waals surface area (Å²) in [5.74, 6) is -2.71. The monoisotopic (exact) mass is 436 g/mol. The van der Waals surface area contributed by atoms with Gasteiger partial charge >= 0.3 is 17.9 Å². The summed E-state index contributed by atoms with van der Waals surface area (Å²) in [6, 6.07) is 9.68. The third-order valence-electron chi connectivity index (χ3n) is 5.26. The van der Waals surface area contributed by atoms with Gasteiger partial charge in [-0.15, -0.1) is 0 Å². The van der Waals surface area contributed by atoms with Crippen LogP contribution >= 0.6 is 0 Å². The molecule has 1 heterocycles. The maximum Gasteiger partial charge on any atom is 0.317 e. The molecule has 1 aliphatic rings. The highest BCUT2D eigenvalue weighted by atomic mass is 16.4. The molecule has 0 radical (unpaired) electrons. The van der Waals surface area contributed by atoms with Gasteiger partial charge in [0.05, 0.1) is 19.6 Å². The van der Waals surface area contributed by atoms with E-state index in [1.54, 1.807) is 0 Å². The molecule has 0 aliphatic carbocycles. The zero-order valence-electron chi connectivity index (χ0n) is 17.7. The Hall–Kier alpha value is -2.53. The van der Waals surface area contributed by atoms with E-state index in [1.807, 2.05) is 45.0 Å². The lowest BCUT2D eigenvalue weighted by Gasteiger charge is -2.28. The zero-order valence-corrected chi connectivity index (χ0v) is 17.7. The van der Waals surface area contributed by atoms with Gasteiger partial charge in [-0.1, -0.05) is 30.3 Å². The predicted molar refractivity (Wildman–Crippen MR) is 114 cm³/mol. The lowest BCUT2D eigenvalue weighted by Crippen LogP contribution is -2.42. The fourth-order valence-corrected chi connectivity index (χ4v) is 3.64. The van der Waals surface area contributed by atoms with Crippen molar-refractivity contribution in [1.82, 2.24) is 19.6 Å². The number of rotatable bonds is 11. The van der Waals surface area contributed by atoms with Crippen LogP contribution in [-0.4, -0.2) is 125 Å². The summed E-state index contributed by atoms with van der Waals surface area (Å²) >= 11 is 0. The van der Waals surface area contributed by atoms with Crippen LogP contribution in [0.15, 0.2) is 30.3 Å². The van der Waals surface area contributed by atoms with Crippen molar-refractivity contribution in [1.29, 1.82) is 0 Å². The highest BCUT2D eigenvalue weighted by Gasteiger charge is 2.20. The number of hydrogen-bond donors (Lipinski definition) is 3. The molecule has 0 amide bonds. The summed E-state index contributed by atoms with van der Waals surface area (Å²) in [5.41, 5.74) is 1.04. The van der Waals surface area contributed by atoms with Crippen LogP contribution in [-0.2, 0) is 20.9 Å². The van der Waals surface area contributed by atoms with Gasteiger partial charge < -0.3 is 15.3 Å². The van der Waals surface area contributed by atoms with Crippen molar-refractivity contribution in [2.75, 3.05) is 72.0 Å². The summed E-state index contributed by atoms with van der Waals surface area (Å²) in [5, 5.41) is 27.6. The van der Waals surface area contributed by atoms with E-state index in [-0.39, 0.29) is 19.6 Å². The number of carboxylic acid groups (broad SMARTS) is 3. The molecule has 10 heteroatoms. The van der Waals surface area contributed by atoms with Crippen molar-refractivity contribution in [3.8, 4) is 0 Å². The largest absolute Gasteiger partial charge is 0.480 e. The second-order valence-electron chi connectivity index (χ2n) is 7.77. The Kier molecular flexibility index (Phi) is 10.4. The summed E-state index contributed by atoms with van der Waals surface area (Å²) in [7, 11) is 0.